The van der Waals surface area contributed by atoms with Crippen molar-refractivity contribution in [2.24, 2.45) is 5.41 Å². The minimum atomic E-state index is -0.341. The first-order chi connectivity index (χ1) is 7.91. The molecule has 0 saturated heterocycles. The van der Waals surface area contributed by atoms with Crippen LogP contribution >= 0.6 is 11.6 Å². The van der Waals surface area contributed by atoms with E-state index in [2.05, 4.69) is 5.32 Å². The van der Waals surface area contributed by atoms with E-state index in [-0.39, 0.29) is 23.5 Å². The van der Waals surface area contributed by atoms with E-state index in [0.717, 1.165) is 0 Å². The molecule has 0 spiro atoms. The molecule has 17 heavy (non-hydrogen) atoms. The van der Waals surface area contributed by atoms with Gasteiger partial charge in [0.2, 0.25) is 0 Å². The Morgan fingerprint density at radius 2 is 2.24 bits per heavy atom. The number of aliphatic hydroxyl groups excluding tert-OH is 1. The van der Waals surface area contributed by atoms with E-state index in [1.165, 1.54) is 0 Å². The number of carbonyl (C=O) groups is 1. The molecule has 2 N–H and O–H groups in total. The zero-order valence-corrected chi connectivity index (χ0v) is 10.7. The van der Waals surface area contributed by atoms with Crippen molar-refractivity contribution in [1.29, 1.82) is 0 Å². The summed E-state index contributed by atoms with van der Waals surface area (Å²) in [5, 5.41) is 13.1. The molecule has 2 atom stereocenters. The van der Waals surface area contributed by atoms with Crippen LogP contribution in [-0.2, 0) is 0 Å². The fourth-order valence-electron chi connectivity index (χ4n) is 2.02. The number of halogens is 1. The third kappa shape index (κ3) is 2.31. The van der Waals surface area contributed by atoms with Gasteiger partial charge in [-0.05, 0) is 24.6 Å². The third-order valence-electron chi connectivity index (χ3n) is 3.61. The molecule has 1 aromatic carbocycles. The van der Waals surface area contributed by atoms with Crippen LogP contribution in [-0.4, -0.2) is 23.2 Å². The highest BCUT2D eigenvalue weighted by Crippen LogP contribution is 2.40. The first-order valence-electron chi connectivity index (χ1n) is 5.66. The molecular weight excluding hydrogens is 238 g/mol. The maximum absolute atomic E-state index is 11.9. The molecule has 3 nitrogen and oxygen atoms in total. The van der Waals surface area contributed by atoms with Crippen LogP contribution in [0, 0.1) is 5.41 Å². The number of nitrogens with one attached hydrogen (secondary N) is 1. The SMILES string of the molecule is CC1(C)C(O)CC1NC(=O)c1cccc(Cl)c1. The van der Waals surface area contributed by atoms with Crippen LogP contribution in [0.1, 0.15) is 30.6 Å². The average Bonchev–Trinajstić information content (AvgIpc) is 2.28. The van der Waals surface area contributed by atoms with Gasteiger partial charge in [-0.1, -0.05) is 31.5 Å². The molecule has 1 amide bonds. The van der Waals surface area contributed by atoms with Gasteiger partial charge in [0.25, 0.3) is 5.91 Å². The highest BCUT2D eigenvalue weighted by atomic mass is 35.5. The standard InChI is InChI=1S/C13H16ClNO2/c1-13(2)10(7-11(13)16)15-12(17)8-4-3-5-9(14)6-8/h3-6,10-11,16H,7H2,1-2H3,(H,15,17). The van der Waals surface area contributed by atoms with Crippen LogP contribution in [0.4, 0.5) is 0 Å². The summed E-state index contributed by atoms with van der Waals surface area (Å²) in [5.41, 5.74) is 0.295. The number of hydrogen-bond acceptors (Lipinski definition) is 2. The molecule has 1 aliphatic carbocycles. The Morgan fingerprint density at radius 1 is 1.53 bits per heavy atom. The Hall–Kier alpha value is -1.06. The predicted molar refractivity (Wildman–Crippen MR) is 67.1 cm³/mol. The van der Waals surface area contributed by atoms with E-state index in [0.29, 0.717) is 17.0 Å². The molecule has 0 heterocycles. The van der Waals surface area contributed by atoms with E-state index in [9.17, 15) is 9.90 Å². The highest BCUT2D eigenvalue weighted by Gasteiger charge is 2.47. The van der Waals surface area contributed by atoms with Crippen molar-refractivity contribution in [2.75, 3.05) is 0 Å². The first-order valence-corrected chi connectivity index (χ1v) is 6.03. The second-order valence-corrected chi connectivity index (χ2v) is 5.55. The Labute approximate surface area is 106 Å². The van der Waals surface area contributed by atoms with E-state index >= 15 is 0 Å². The van der Waals surface area contributed by atoms with Crippen molar-refractivity contribution < 1.29 is 9.90 Å². The monoisotopic (exact) mass is 253 g/mol. The maximum Gasteiger partial charge on any atom is 0.251 e. The van der Waals surface area contributed by atoms with Gasteiger partial charge in [0.1, 0.15) is 0 Å². The van der Waals surface area contributed by atoms with E-state index < -0.39 is 0 Å². The molecule has 1 aromatic rings. The smallest absolute Gasteiger partial charge is 0.251 e. The lowest BCUT2D eigenvalue weighted by Crippen LogP contribution is -2.61. The van der Waals surface area contributed by atoms with Gasteiger partial charge in [-0.25, -0.2) is 0 Å². The summed E-state index contributed by atoms with van der Waals surface area (Å²) in [5.74, 6) is -0.141. The van der Waals surface area contributed by atoms with Gasteiger partial charge in [-0.15, -0.1) is 0 Å². The first kappa shape index (κ1) is 12.4. The van der Waals surface area contributed by atoms with E-state index in [4.69, 9.17) is 11.6 Å². The van der Waals surface area contributed by atoms with Crippen molar-refractivity contribution in [2.45, 2.75) is 32.4 Å². The average molecular weight is 254 g/mol. The largest absolute Gasteiger partial charge is 0.392 e. The summed E-state index contributed by atoms with van der Waals surface area (Å²) in [6.45, 7) is 3.90. The minimum absolute atomic E-state index is 0.0176. The van der Waals surface area contributed by atoms with Crippen LogP contribution < -0.4 is 5.32 Å². The molecule has 1 aliphatic rings. The molecule has 1 saturated carbocycles. The number of benzene rings is 1. The van der Waals surface area contributed by atoms with Gasteiger partial charge in [0, 0.05) is 22.0 Å². The maximum atomic E-state index is 11.9. The van der Waals surface area contributed by atoms with Gasteiger partial charge in [0.05, 0.1) is 6.10 Å². The molecular formula is C13H16ClNO2. The molecule has 92 valence electrons. The minimum Gasteiger partial charge on any atom is -0.392 e. The van der Waals surface area contributed by atoms with Gasteiger partial charge in [-0.2, -0.15) is 0 Å². The van der Waals surface area contributed by atoms with Gasteiger partial charge in [-0.3, -0.25) is 4.79 Å². The van der Waals surface area contributed by atoms with Gasteiger partial charge < -0.3 is 10.4 Å². The third-order valence-corrected chi connectivity index (χ3v) is 3.84. The number of aliphatic hydroxyl groups is 1. The van der Waals surface area contributed by atoms with Crippen molar-refractivity contribution >= 4 is 17.5 Å². The molecule has 0 radical (unpaired) electrons. The normalized spacial score (nSPS) is 26.1. The summed E-state index contributed by atoms with van der Waals surface area (Å²) in [6.07, 6.45) is 0.270. The van der Waals surface area contributed by atoms with Crippen LogP contribution in [0.3, 0.4) is 0 Å². The van der Waals surface area contributed by atoms with Crippen molar-refractivity contribution in [1.82, 2.24) is 5.32 Å². The molecule has 0 aromatic heterocycles. The zero-order chi connectivity index (χ0) is 12.6. The van der Waals surface area contributed by atoms with Crippen molar-refractivity contribution in [3.8, 4) is 0 Å². The Kier molecular flexibility index (Phi) is 3.15. The zero-order valence-electron chi connectivity index (χ0n) is 9.90. The number of amides is 1. The van der Waals surface area contributed by atoms with Crippen molar-refractivity contribution in [3.63, 3.8) is 0 Å². The predicted octanol–water partition coefficient (Wildman–Crippen LogP) is 2.23. The lowest BCUT2D eigenvalue weighted by Gasteiger charge is -2.49. The summed E-state index contributed by atoms with van der Waals surface area (Å²) in [6, 6.07) is 6.86. The Balaban J connectivity index is 2.04. The van der Waals surface area contributed by atoms with Crippen molar-refractivity contribution in [3.05, 3.63) is 34.9 Å². The molecule has 0 aliphatic heterocycles. The topological polar surface area (TPSA) is 49.3 Å². The molecule has 2 rings (SSSR count). The molecule has 1 fully saturated rings. The Bertz CT molecular complexity index is 445. The molecule has 2 unspecified atom stereocenters. The van der Waals surface area contributed by atoms with Crippen LogP contribution in [0.25, 0.3) is 0 Å². The highest BCUT2D eigenvalue weighted by molar-refractivity contribution is 6.30. The summed E-state index contributed by atoms with van der Waals surface area (Å²) in [7, 11) is 0. The fraction of sp³-hybridized carbons (Fsp3) is 0.462. The summed E-state index contributed by atoms with van der Waals surface area (Å²) in [4.78, 5) is 11.9. The van der Waals surface area contributed by atoms with E-state index in [1.54, 1.807) is 24.3 Å². The second kappa shape index (κ2) is 4.31. The molecule has 4 heteroatoms. The van der Waals surface area contributed by atoms with Gasteiger partial charge in [0.15, 0.2) is 0 Å². The number of hydrogen-bond donors (Lipinski definition) is 2. The fourth-order valence-corrected chi connectivity index (χ4v) is 2.21. The number of rotatable bonds is 2. The Morgan fingerprint density at radius 3 is 2.76 bits per heavy atom. The quantitative estimate of drug-likeness (QED) is 0.849. The van der Waals surface area contributed by atoms with Crippen LogP contribution in [0.5, 0.6) is 0 Å². The van der Waals surface area contributed by atoms with E-state index in [1.807, 2.05) is 13.8 Å². The van der Waals surface area contributed by atoms with Crippen LogP contribution in [0.15, 0.2) is 24.3 Å². The lowest BCUT2D eigenvalue weighted by molar-refractivity contribution is -0.0689. The number of carbonyl (C=O) groups excluding carboxylic acids is 1. The summed E-state index contributed by atoms with van der Waals surface area (Å²) >= 11 is 5.83. The second-order valence-electron chi connectivity index (χ2n) is 5.11. The van der Waals surface area contributed by atoms with Gasteiger partial charge >= 0.3 is 0 Å². The lowest BCUT2D eigenvalue weighted by atomic mass is 9.64. The summed E-state index contributed by atoms with van der Waals surface area (Å²) < 4.78 is 0. The molecule has 0 bridgehead atoms. The van der Waals surface area contributed by atoms with Crippen LogP contribution in [0.2, 0.25) is 5.02 Å².